The Balaban J connectivity index is 1.93. The molecule has 3 rings (SSSR count). The Kier molecular flexibility index (Phi) is 3.60. The average Bonchev–Trinajstić information content (AvgIpc) is 2.81. The number of nitrogens with one attached hydrogen (secondary N) is 1. The first-order valence-corrected chi connectivity index (χ1v) is 7.57. The van der Waals surface area contributed by atoms with Gasteiger partial charge in [0.15, 0.2) is 5.13 Å². The lowest BCUT2D eigenvalue weighted by Crippen LogP contribution is -2.13. The topological polar surface area (TPSA) is 68.0 Å². The first-order valence-electron chi connectivity index (χ1n) is 5.96. The standard InChI is InChI=1S/C14H9BrFN3OS/c15-8-2-1-3-9(16)12(8)19-13(20)7-4-5-10-11(6-7)21-14(17)18-10/h1-6H,(H2,17,18)(H,19,20). The molecule has 0 atom stereocenters. The van der Waals surface area contributed by atoms with Gasteiger partial charge in [-0.2, -0.15) is 0 Å². The molecule has 1 amide bonds. The second-order valence-corrected chi connectivity index (χ2v) is 6.20. The van der Waals surface area contributed by atoms with Crippen LogP contribution < -0.4 is 11.1 Å². The van der Waals surface area contributed by atoms with Gasteiger partial charge in [-0.3, -0.25) is 4.79 Å². The minimum absolute atomic E-state index is 0.117. The number of nitrogen functional groups attached to an aromatic ring is 1. The molecule has 1 heterocycles. The molecule has 0 saturated heterocycles. The molecule has 0 saturated carbocycles. The molecule has 3 aromatic rings. The van der Waals surface area contributed by atoms with Gasteiger partial charge in [-0.1, -0.05) is 17.4 Å². The molecular formula is C14H9BrFN3OS. The molecule has 2 aromatic carbocycles. The van der Waals surface area contributed by atoms with E-state index in [1.807, 2.05) is 0 Å². The van der Waals surface area contributed by atoms with Gasteiger partial charge in [0.1, 0.15) is 5.82 Å². The zero-order valence-corrected chi connectivity index (χ0v) is 13.0. The molecule has 0 aliphatic rings. The Labute approximate surface area is 131 Å². The van der Waals surface area contributed by atoms with E-state index in [2.05, 4.69) is 26.2 Å². The number of hydrogen-bond acceptors (Lipinski definition) is 4. The molecule has 7 heteroatoms. The highest BCUT2D eigenvalue weighted by atomic mass is 79.9. The van der Waals surface area contributed by atoms with Crippen molar-refractivity contribution in [1.29, 1.82) is 0 Å². The van der Waals surface area contributed by atoms with Crippen molar-refractivity contribution in [3.8, 4) is 0 Å². The second kappa shape index (κ2) is 5.42. The van der Waals surface area contributed by atoms with Crippen LogP contribution in [0.1, 0.15) is 10.4 Å². The molecule has 0 aliphatic heterocycles. The number of aromatic nitrogens is 1. The summed E-state index contributed by atoms with van der Waals surface area (Å²) in [6.07, 6.45) is 0. The number of nitrogens with two attached hydrogens (primary N) is 1. The van der Waals surface area contributed by atoms with E-state index in [1.165, 1.54) is 17.4 Å². The van der Waals surface area contributed by atoms with E-state index in [0.29, 0.717) is 15.2 Å². The quantitative estimate of drug-likeness (QED) is 0.720. The zero-order chi connectivity index (χ0) is 15.0. The molecule has 0 bridgehead atoms. The fourth-order valence-corrected chi connectivity index (χ4v) is 3.10. The summed E-state index contributed by atoms with van der Waals surface area (Å²) >= 11 is 4.51. The first-order chi connectivity index (χ1) is 10.0. The molecule has 21 heavy (non-hydrogen) atoms. The van der Waals surface area contributed by atoms with Crippen molar-refractivity contribution in [3.63, 3.8) is 0 Å². The van der Waals surface area contributed by atoms with E-state index in [-0.39, 0.29) is 5.69 Å². The van der Waals surface area contributed by atoms with E-state index in [9.17, 15) is 9.18 Å². The van der Waals surface area contributed by atoms with Crippen LogP contribution >= 0.6 is 27.3 Å². The summed E-state index contributed by atoms with van der Waals surface area (Å²) in [5.41, 5.74) is 6.90. The normalized spacial score (nSPS) is 10.8. The number of thiazole rings is 1. The summed E-state index contributed by atoms with van der Waals surface area (Å²) in [6, 6.07) is 9.53. The molecule has 0 aliphatic carbocycles. The number of carbonyl (C=O) groups excluding carboxylic acids is 1. The maximum absolute atomic E-state index is 13.7. The van der Waals surface area contributed by atoms with Crippen LogP contribution in [0.15, 0.2) is 40.9 Å². The van der Waals surface area contributed by atoms with Gasteiger partial charge in [0.05, 0.1) is 15.9 Å². The van der Waals surface area contributed by atoms with Crippen molar-refractivity contribution in [1.82, 2.24) is 4.98 Å². The lowest BCUT2D eigenvalue weighted by atomic mass is 10.2. The summed E-state index contributed by atoms with van der Waals surface area (Å²) in [6.45, 7) is 0. The lowest BCUT2D eigenvalue weighted by molar-refractivity contribution is 0.102. The Morgan fingerprint density at radius 3 is 2.90 bits per heavy atom. The molecule has 4 nitrogen and oxygen atoms in total. The Morgan fingerprint density at radius 2 is 2.14 bits per heavy atom. The molecule has 1 aromatic heterocycles. The van der Waals surface area contributed by atoms with E-state index in [0.717, 1.165) is 10.2 Å². The number of rotatable bonds is 2. The number of hydrogen-bond donors (Lipinski definition) is 2. The van der Waals surface area contributed by atoms with Crippen molar-refractivity contribution in [2.45, 2.75) is 0 Å². The van der Waals surface area contributed by atoms with Gasteiger partial charge in [0.25, 0.3) is 5.91 Å². The van der Waals surface area contributed by atoms with Crippen LogP contribution in [-0.2, 0) is 0 Å². The molecule has 106 valence electrons. The van der Waals surface area contributed by atoms with Crippen LogP contribution in [-0.4, -0.2) is 10.9 Å². The maximum Gasteiger partial charge on any atom is 0.255 e. The third-order valence-corrected chi connectivity index (χ3v) is 4.38. The van der Waals surface area contributed by atoms with Crippen molar-refractivity contribution in [2.24, 2.45) is 0 Å². The van der Waals surface area contributed by atoms with Crippen molar-refractivity contribution >= 4 is 54.2 Å². The van der Waals surface area contributed by atoms with E-state index in [1.54, 1.807) is 30.3 Å². The fraction of sp³-hybridized carbons (Fsp3) is 0. The minimum atomic E-state index is -0.499. The number of nitrogens with zero attached hydrogens (tertiary/aromatic N) is 1. The number of amides is 1. The average molecular weight is 366 g/mol. The molecule has 3 N–H and O–H groups in total. The summed E-state index contributed by atoms with van der Waals surface area (Å²) in [5, 5.41) is 3.00. The van der Waals surface area contributed by atoms with E-state index < -0.39 is 11.7 Å². The Bertz CT molecular complexity index is 829. The highest BCUT2D eigenvalue weighted by Gasteiger charge is 2.13. The van der Waals surface area contributed by atoms with Crippen LogP contribution in [0, 0.1) is 5.82 Å². The lowest BCUT2D eigenvalue weighted by Gasteiger charge is -2.08. The number of carbonyl (C=O) groups is 1. The molecule has 0 fully saturated rings. The number of halogens is 2. The second-order valence-electron chi connectivity index (χ2n) is 4.29. The van der Waals surface area contributed by atoms with Gasteiger partial charge in [-0.25, -0.2) is 9.37 Å². The van der Waals surface area contributed by atoms with Crippen LogP contribution in [0.3, 0.4) is 0 Å². The van der Waals surface area contributed by atoms with Crippen LogP contribution in [0.4, 0.5) is 15.2 Å². The molecule has 0 radical (unpaired) electrons. The van der Waals surface area contributed by atoms with E-state index in [4.69, 9.17) is 5.73 Å². The van der Waals surface area contributed by atoms with Gasteiger partial charge in [0, 0.05) is 10.0 Å². The van der Waals surface area contributed by atoms with Gasteiger partial charge < -0.3 is 11.1 Å². The number of fused-ring (bicyclic) bond motifs is 1. The van der Waals surface area contributed by atoms with Gasteiger partial charge in [-0.15, -0.1) is 0 Å². The number of anilines is 2. The highest BCUT2D eigenvalue weighted by Crippen LogP contribution is 2.27. The van der Waals surface area contributed by atoms with E-state index >= 15 is 0 Å². The highest BCUT2D eigenvalue weighted by molar-refractivity contribution is 9.10. The monoisotopic (exact) mass is 365 g/mol. The molecule has 0 spiro atoms. The summed E-state index contributed by atoms with van der Waals surface area (Å²) in [4.78, 5) is 16.3. The predicted octanol–water partition coefficient (Wildman–Crippen LogP) is 4.03. The third kappa shape index (κ3) is 2.74. The Hall–Kier alpha value is -1.99. The smallest absolute Gasteiger partial charge is 0.255 e. The van der Waals surface area contributed by atoms with Crippen molar-refractivity contribution < 1.29 is 9.18 Å². The third-order valence-electron chi connectivity index (χ3n) is 2.87. The van der Waals surface area contributed by atoms with Gasteiger partial charge in [-0.05, 0) is 46.3 Å². The Morgan fingerprint density at radius 1 is 1.33 bits per heavy atom. The molecule has 0 unspecified atom stereocenters. The minimum Gasteiger partial charge on any atom is -0.375 e. The molecular weight excluding hydrogens is 357 g/mol. The van der Waals surface area contributed by atoms with Crippen LogP contribution in [0.2, 0.25) is 0 Å². The maximum atomic E-state index is 13.7. The number of benzene rings is 2. The largest absolute Gasteiger partial charge is 0.375 e. The van der Waals surface area contributed by atoms with Crippen molar-refractivity contribution in [3.05, 3.63) is 52.3 Å². The van der Waals surface area contributed by atoms with Crippen LogP contribution in [0.25, 0.3) is 10.2 Å². The predicted molar refractivity (Wildman–Crippen MR) is 86.1 cm³/mol. The summed E-state index contributed by atoms with van der Waals surface area (Å²) in [7, 11) is 0. The van der Waals surface area contributed by atoms with Crippen molar-refractivity contribution in [2.75, 3.05) is 11.1 Å². The zero-order valence-electron chi connectivity index (χ0n) is 10.6. The summed E-state index contributed by atoms with van der Waals surface area (Å²) < 4.78 is 15.0. The summed E-state index contributed by atoms with van der Waals surface area (Å²) in [5.74, 6) is -0.893. The van der Waals surface area contributed by atoms with Gasteiger partial charge >= 0.3 is 0 Å². The fourth-order valence-electron chi connectivity index (χ4n) is 1.89. The SMILES string of the molecule is Nc1nc2ccc(C(=O)Nc3c(F)cccc3Br)cc2s1. The first kappa shape index (κ1) is 14.0. The number of para-hydroxylation sites is 1. The van der Waals surface area contributed by atoms with Gasteiger partial charge in [0.2, 0.25) is 0 Å². The van der Waals surface area contributed by atoms with Crippen LogP contribution in [0.5, 0.6) is 0 Å².